The first-order valence-electron chi connectivity index (χ1n) is 5.84. The van der Waals surface area contributed by atoms with Crippen LogP contribution in [0.1, 0.15) is 23.7 Å². The molecular formula is C15H14BrFO. The molecule has 0 radical (unpaired) electrons. The summed E-state index contributed by atoms with van der Waals surface area (Å²) in [6.45, 7) is 0. The van der Waals surface area contributed by atoms with Crippen LogP contribution in [0.4, 0.5) is 4.39 Å². The maximum atomic E-state index is 12.9. The lowest BCUT2D eigenvalue weighted by atomic mass is 10.0. The highest BCUT2D eigenvalue weighted by Gasteiger charge is 2.08. The van der Waals surface area contributed by atoms with E-state index < -0.39 is 6.10 Å². The van der Waals surface area contributed by atoms with Crippen LogP contribution >= 0.6 is 15.9 Å². The molecule has 0 fully saturated rings. The summed E-state index contributed by atoms with van der Waals surface area (Å²) in [5.41, 5.74) is 1.92. The van der Waals surface area contributed by atoms with E-state index in [0.29, 0.717) is 12.8 Å². The normalized spacial score (nSPS) is 12.4. The van der Waals surface area contributed by atoms with E-state index in [1.54, 1.807) is 6.07 Å². The van der Waals surface area contributed by atoms with Crippen molar-refractivity contribution in [2.45, 2.75) is 18.9 Å². The summed E-state index contributed by atoms with van der Waals surface area (Å²) in [7, 11) is 0. The minimum absolute atomic E-state index is 0.255. The van der Waals surface area contributed by atoms with Gasteiger partial charge in [0.25, 0.3) is 0 Å². The maximum Gasteiger partial charge on any atom is 0.124 e. The van der Waals surface area contributed by atoms with E-state index in [-0.39, 0.29) is 5.82 Å². The summed E-state index contributed by atoms with van der Waals surface area (Å²) in [4.78, 5) is 0. The Kier molecular flexibility index (Phi) is 4.50. The molecule has 3 heteroatoms. The van der Waals surface area contributed by atoms with Gasteiger partial charge >= 0.3 is 0 Å². The number of rotatable bonds is 4. The number of aliphatic hydroxyl groups is 1. The van der Waals surface area contributed by atoms with Crippen molar-refractivity contribution >= 4 is 15.9 Å². The van der Waals surface area contributed by atoms with Gasteiger partial charge in [-0.05, 0) is 36.1 Å². The number of halogens is 2. The van der Waals surface area contributed by atoms with Crippen LogP contribution in [-0.2, 0) is 6.42 Å². The van der Waals surface area contributed by atoms with Gasteiger partial charge in [0.05, 0.1) is 6.10 Å². The van der Waals surface area contributed by atoms with Gasteiger partial charge in [-0.15, -0.1) is 0 Å². The van der Waals surface area contributed by atoms with Crippen molar-refractivity contribution in [3.05, 3.63) is 69.9 Å². The van der Waals surface area contributed by atoms with Crippen LogP contribution in [0.25, 0.3) is 0 Å². The topological polar surface area (TPSA) is 20.2 Å². The van der Waals surface area contributed by atoms with Crippen LogP contribution in [0, 0.1) is 5.82 Å². The summed E-state index contributed by atoms with van der Waals surface area (Å²) in [5.74, 6) is -0.255. The Morgan fingerprint density at radius 1 is 1.11 bits per heavy atom. The van der Waals surface area contributed by atoms with Crippen molar-refractivity contribution in [2.24, 2.45) is 0 Å². The molecule has 0 aliphatic carbocycles. The van der Waals surface area contributed by atoms with E-state index in [2.05, 4.69) is 15.9 Å². The lowest BCUT2D eigenvalue weighted by Crippen LogP contribution is -2.00. The molecule has 2 aromatic rings. The molecule has 18 heavy (non-hydrogen) atoms. The zero-order valence-electron chi connectivity index (χ0n) is 9.81. The molecule has 0 spiro atoms. The van der Waals surface area contributed by atoms with Crippen LogP contribution in [0.3, 0.4) is 0 Å². The first-order chi connectivity index (χ1) is 8.66. The fourth-order valence-corrected chi connectivity index (χ4v) is 2.41. The monoisotopic (exact) mass is 308 g/mol. The van der Waals surface area contributed by atoms with Crippen molar-refractivity contribution in [2.75, 3.05) is 0 Å². The third-order valence-electron chi connectivity index (χ3n) is 2.89. The molecule has 1 N–H and O–H groups in total. The Morgan fingerprint density at radius 3 is 2.50 bits per heavy atom. The van der Waals surface area contributed by atoms with Crippen LogP contribution in [0.15, 0.2) is 53.0 Å². The highest BCUT2D eigenvalue weighted by Crippen LogP contribution is 2.23. The Bertz CT molecular complexity index is 513. The van der Waals surface area contributed by atoms with E-state index in [0.717, 1.165) is 15.6 Å². The molecule has 0 saturated carbocycles. The van der Waals surface area contributed by atoms with Gasteiger partial charge in [0, 0.05) is 4.47 Å². The number of hydrogen-bond acceptors (Lipinski definition) is 1. The van der Waals surface area contributed by atoms with Crippen molar-refractivity contribution < 1.29 is 9.50 Å². The third kappa shape index (κ3) is 3.40. The molecule has 1 atom stereocenters. The minimum Gasteiger partial charge on any atom is -0.388 e. The van der Waals surface area contributed by atoms with Gasteiger partial charge < -0.3 is 5.11 Å². The van der Waals surface area contributed by atoms with Gasteiger partial charge in [-0.2, -0.15) is 0 Å². The Hall–Kier alpha value is -1.19. The predicted molar refractivity (Wildman–Crippen MR) is 73.8 cm³/mol. The molecule has 2 rings (SSSR count). The fraction of sp³-hybridized carbons (Fsp3) is 0.200. The molecule has 2 aromatic carbocycles. The molecule has 0 amide bonds. The number of aryl methyl sites for hydroxylation is 1. The molecule has 0 aromatic heterocycles. The SMILES string of the molecule is OC(CCc1ccc(F)cc1Br)c1ccccc1. The largest absolute Gasteiger partial charge is 0.388 e. The maximum absolute atomic E-state index is 12.9. The molecule has 94 valence electrons. The van der Waals surface area contributed by atoms with Crippen molar-refractivity contribution in [3.63, 3.8) is 0 Å². The average Bonchev–Trinajstić information content (AvgIpc) is 2.38. The molecule has 0 aliphatic rings. The number of benzene rings is 2. The molecule has 0 saturated heterocycles. The predicted octanol–water partition coefficient (Wildman–Crippen LogP) is 4.25. The van der Waals surface area contributed by atoms with Crippen LogP contribution in [-0.4, -0.2) is 5.11 Å². The second-order valence-electron chi connectivity index (χ2n) is 4.20. The molecule has 1 nitrogen and oxygen atoms in total. The Morgan fingerprint density at radius 2 is 1.83 bits per heavy atom. The zero-order chi connectivity index (χ0) is 13.0. The van der Waals surface area contributed by atoms with E-state index in [4.69, 9.17) is 0 Å². The van der Waals surface area contributed by atoms with Crippen LogP contribution in [0.2, 0.25) is 0 Å². The van der Waals surface area contributed by atoms with Gasteiger partial charge in [-0.3, -0.25) is 0 Å². The zero-order valence-corrected chi connectivity index (χ0v) is 11.4. The highest BCUT2D eigenvalue weighted by atomic mass is 79.9. The lowest BCUT2D eigenvalue weighted by molar-refractivity contribution is 0.168. The summed E-state index contributed by atoms with van der Waals surface area (Å²) in [6.07, 6.45) is 0.841. The van der Waals surface area contributed by atoms with Gasteiger partial charge in [0.2, 0.25) is 0 Å². The van der Waals surface area contributed by atoms with E-state index in [9.17, 15) is 9.50 Å². The number of hydrogen-bond donors (Lipinski definition) is 1. The second kappa shape index (κ2) is 6.12. The first-order valence-corrected chi connectivity index (χ1v) is 6.63. The summed E-state index contributed by atoms with van der Waals surface area (Å²) in [6, 6.07) is 14.2. The Balaban J connectivity index is 1.99. The summed E-state index contributed by atoms with van der Waals surface area (Å²) in [5, 5.41) is 10.0. The molecule has 1 unspecified atom stereocenters. The van der Waals surface area contributed by atoms with Crippen molar-refractivity contribution in [1.29, 1.82) is 0 Å². The summed E-state index contributed by atoms with van der Waals surface area (Å²) < 4.78 is 13.7. The fourth-order valence-electron chi connectivity index (χ4n) is 1.86. The lowest BCUT2D eigenvalue weighted by Gasteiger charge is -2.11. The Labute approximate surface area is 114 Å². The molecule has 0 bridgehead atoms. The smallest absolute Gasteiger partial charge is 0.124 e. The minimum atomic E-state index is -0.483. The van der Waals surface area contributed by atoms with E-state index in [1.807, 2.05) is 30.3 Å². The molecular weight excluding hydrogens is 295 g/mol. The van der Waals surface area contributed by atoms with Crippen LogP contribution < -0.4 is 0 Å². The number of aliphatic hydroxyl groups excluding tert-OH is 1. The van der Waals surface area contributed by atoms with Gasteiger partial charge in [0.15, 0.2) is 0 Å². The molecule has 0 heterocycles. The average molecular weight is 309 g/mol. The highest BCUT2D eigenvalue weighted by molar-refractivity contribution is 9.10. The van der Waals surface area contributed by atoms with E-state index >= 15 is 0 Å². The van der Waals surface area contributed by atoms with Crippen molar-refractivity contribution in [3.8, 4) is 0 Å². The summed E-state index contributed by atoms with van der Waals surface area (Å²) >= 11 is 3.33. The first kappa shape index (κ1) is 13.2. The quantitative estimate of drug-likeness (QED) is 0.895. The van der Waals surface area contributed by atoms with E-state index in [1.165, 1.54) is 12.1 Å². The second-order valence-corrected chi connectivity index (χ2v) is 5.06. The van der Waals surface area contributed by atoms with Gasteiger partial charge in [0.1, 0.15) is 5.82 Å². The van der Waals surface area contributed by atoms with Gasteiger partial charge in [-0.1, -0.05) is 52.3 Å². The molecule has 0 aliphatic heterocycles. The van der Waals surface area contributed by atoms with Crippen LogP contribution in [0.5, 0.6) is 0 Å². The third-order valence-corrected chi connectivity index (χ3v) is 3.62. The van der Waals surface area contributed by atoms with Gasteiger partial charge in [-0.25, -0.2) is 4.39 Å². The standard InChI is InChI=1S/C15H14BrFO/c16-14-10-13(17)8-6-11(14)7-9-15(18)12-4-2-1-3-5-12/h1-6,8,10,15,18H,7,9H2. The van der Waals surface area contributed by atoms with Crippen molar-refractivity contribution in [1.82, 2.24) is 0 Å².